The van der Waals surface area contributed by atoms with Crippen molar-refractivity contribution in [3.05, 3.63) is 42.5 Å². The van der Waals surface area contributed by atoms with Crippen LogP contribution in [0, 0.1) is 0 Å². The largest absolute Gasteiger partial charge is 0.454 e. The minimum Gasteiger partial charge on any atom is -0.454 e. The summed E-state index contributed by atoms with van der Waals surface area (Å²) in [6.07, 6.45) is 0. The van der Waals surface area contributed by atoms with Crippen LogP contribution in [0.2, 0.25) is 0 Å². The lowest BCUT2D eigenvalue weighted by Crippen LogP contribution is -2.19. The van der Waals surface area contributed by atoms with Gasteiger partial charge in [-0.05, 0) is 36.0 Å². The molecule has 0 spiro atoms. The van der Waals surface area contributed by atoms with E-state index in [0.29, 0.717) is 40.0 Å². The molecule has 1 aliphatic rings. The molecule has 2 heterocycles. The molecule has 1 aromatic heterocycles. The number of hydrogen-bond acceptors (Lipinski definition) is 5. The fourth-order valence-corrected chi connectivity index (χ4v) is 3.29. The summed E-state index contributed by atoms with van der Waals surface area (Å²) in [6.45, 7) is 0.00593. The molecule has 0 unspecified atom stereocenters. The Balaban J connectivity index is 1.57. The lowest BCUT2D eigenvalue weighted by molar-refractivity contribution is -0.116. The summed E-state index contributed by atoms with van der Waals surface area (Å²) < 4.78 is 37.6. The van der Waals surface area contributed by atoms with Gasteiger partial charge in [0.05, 0.1) is 11.0 Å². The second-order valence-corrected chi connectivity index (χ2v) is 6.42. The number of carbonyl (C=O) groups is 1. The van der Waals surface area contributed by atoms with Crippen LogP contribution in [0.5, 0.6) is 11.5 Å². The predicted molar refractivity (Wildman–Crippen MR) is 92.8 cm³/mol. The first-order valence-corrected chi connectivity index (χ1v) is 8.58. The first-order chi connectivity index (χ1) is 12.6. The molecule has 134 valence electrons. The monoisotopic (exact) mass is 377 g/mol. The fraction of sp³-hybridized carbons (Fsp3) is 0.176. The quantitative estimate of drug-likeness (QED) is 0.687. The van der Waals surface area contributed by atoms with E-state index in [0.717, 1.165) is 0 Å². The Bertz CT molecular complexity index is 977. The number of alkyl halides is 2. The number of para-hydroxylation sites is 2. The fourth-order valence-electron chi connectivity index (χ4n) is 2.69. The third kappa shape index (κ3) is 3.30. The van der Waals surface area contributed by atoms with Crippen LogP contribution in [0.1, 0.15) is 0 Å². The van der Waals surface area contributed by atoms with E-state index >= 15 is 0 Å². The maximum atomic E-state index is 12.8. The van der Waals surface area contributed by atoms with Crippen molar-refractivity contribution in [1.29, 1.82) is 0 Å². The number of hydrogen-bond donors (Lipinski definition) is 1. The molecule has 1 aliphatic heterocycles. The van der Waals surface area contributed by atoms with E-state index in [1.165, 1.54) is 4.57 Å². The number of rotatable bonds is 5. The van der Waals surface area contributed by atoms with Gasteiger partial charge in [0, 0.05) is 11.8 Å². The number of halogens is 2. The van der Waals surface area contributed by atoms with Crippen molar-refractivity contribution in [2.75, 3.05) is 12.1 Å². The number of imidazole rings is 1. The molecule has 0 atom stereocenters. The van der Waals surface area contributed by atoms with Gasteiger partial charge in [0.2, 0.25) is 12.7 Å². The zero-order valence-electron chi connectivity index (χ0n) is 13.3. The summed E-state index contributed by atoms with van der Waals surface area (Å²) in [5.74, 6) is -1.82. The molecule has 6 nitrogen and oxygen atoms in total. The van der Waals surface area contributed by atoms with Crippen molar-refractivity contribution in [2.24, 2.45) is 0 Å². The average Bonchev–Trinajstić information content (AvgIpc) is 3.19. The molecule has 0 radical (unpaired) electrons. The first kappa shape index (κ1) is 16.6. The molecule has 3 aromatic rings. The average molecular weight is 377 g/mol. The predicted octanol–water partition coefficient (Wildman–Crippen LogP) is 3.72. The maximum absolute atomic E-state index is 12.8. The van der Waals surface area contributed by atoms with Crippen LogP contribution in [-0.2, 0) is 11.3 Å². The van der Waals surface area contributed by atoms with E-state index in [9.17, 15) is 13.6 Å². The van der Waals surface area contributed by atoms with Crippen molar-refractivity contribution >= 4 is 34.4 Å². The van der Waals surface area contributed by atoms with Gasteiger partial charge in [-0.3, -0.25) is 4.79 Å². The highest BCUT2D eigenvalue weighted by Gasteiger charge is 2.19. The van der Waals surface area contributed by atoms with Gasteiger partial charge < -0.3 is 19.4 Å². The molecule has 1 N–H and O–H groups in total. The molecular formula is C17H13F2N3O3S. The number of carbonyl (C=O) groups excluding carboxylic acids is 1. The molecule has 4 rings (SSSR count). The van der Waals surface area contributed by atoms with E-state index in [1.807, 2.05) is 0 Å². The van der Waals surface area contributed by atoms with Crippen molar-refractivity contribution in [1.82, 2.24) is 9.55 Å². The number of thioether (sulfide) groups is 1. The number of fused-ring (bicyclic) bond motifs is 2. The molecule has 0 bridgehead atoms. The van der Waals surface area contributed by atoms with Crippen LogP contribution in [0.4, 0.5) is 14.5 Å². The minimum absolute atomic E-state index is 0.0991. The Kier molecular flexibility index (Phi) is 4.37. The third-order valence-electron chi connectivity index (χ3n) is 3.77. The second-order valence-electron chi connectivity index (χ2n) is 5.46. The molecule has 0 aliphatic carbocycles. The molecule has 26 heavy (non-hydrogen) atoms. The van der Waals surface area contributed by atoms with Crippen molar-refractivity contribution in [3.8, 4) is 11.5 Å². The van der Waals surface area contributed by atoms with Gasteiger partial charge >= 0.3 is 0 Å². The highest BCUT2D eigenvalue weighted by atomic mass is 32.2. The number of ether oxygens (including phenoxy) is 2. The number of benzene rings is 2. The molecule has 1 amide bonds. The van der Waals surface area contributed by atoms with Crippen molar-refractivity contribution in [3.63, 3.8) is 0 Å². The summed E-state index contributed by atoms with van der Waals surface area (Å²) in [4.78, 5) is 16.6. The minimum atomic E-state index is -2.62. The van der Waals surface area contributed by atoms with Gasteiger partial charge in [0.1, 0.15) is 6.54 Å². The lowest BCUT2D eigenvalue weighted by Gasteiger charge is -2.10. The Morgan fingerprint density at radius 1 is 1.23 bits per heavy atom. The van der Waals surface area contributed by atoms with Gasteiger partial charge in [-0.15, -0.1) is 0 Å². The van der Waals surface area contributed by atoms with E-state index in [1.54, 1.807) is 42.5 Å². The molecule has 0 fully saturated rings. The van der Waals surface area contributed by atoms with E-state index in [4.69, 9.17) is 9.47 Å². The summed E-state index contributed by atoms with van der Waals surface area (Å²) in [5, 5.41) is 2.83. The smallest absolute Gasteiger partial charge is 0.291 e. The number of amides is 1. The van der Waals surface area contributed by atoms with Gasteiger partial charge in [-0.1, -0.05) is 12.1 Å². The Labute approximate surface area is 151 Å². The highest BCUT2D eigenvalue weighted by Crippen LogP contribution is 2.34. The normalized spacial score (nSPS) is 12.7. The number of anilines is 1. The standard InChI is InChI=1S/C17H13F2N3O3S/c18-16(19)26-17-21-11-3-1-2-4-12(11)22(17)8-15(23)20-10-5-6-13-14(7-10)25-9-24-13/h1-7,16H,8-9H2,(H,20,23). The SMILES string of the molecule is O=C(Cn1c(SC(F)F)nc2ccccc21)Nc1ccc2c(c1)OCO2. The Morgan fingerprint density at radius 2 is 2.04 bits per heavy atom. The number of nitrogens with zero attached hydrogens (tertiary/aromatic N) is 2. The Hall–Kier alpha value is -2.81. The second kappa shape index (κ2) is 6.83. The molecule has 9 heteroatoms. The van der Waals surface area contributed by atoms with Crippen LogP contribution in [-0.4, -0.2) is 28.0 Å². The van der Waals surface area contributed by atoms with Gasteiger partial charge in [0.15, 0.2) is 16.7 Å². The van der Waals surface area contributed by atoms with Crippen LogP contribution < -0.4 is 14.8 Å². The lowest BCUT2D eigenvalue weighted by atomic mass is 10.2. The summed E-state index contributed by atoms with van der Waals surface area (Å²) in [7, 11) is 0. The molecule has 2 aromatic carbocycles. The summed E-state index contributed by atoms with van der Waals surface area (Å²) >= 11 is 0.317. The zero-order chi connectivity index (χ0) is 18.1. The van der Waals surface area contributed by atoms with Gasteiger partial charge in [-0.25, -0.2) is 4.98 Å². The van der Waals surface area contributed by atoms with Gasteiger partial charge in [-0.2, -0.15) is 8.78 Å². The highest BCUT2D eigenvalue weighted by molar-refractivity contribution is 7.99. The third-order valence-corrected chi connectivity index (χ3v) is 4.47. The molecule has 0 saturated carbocycles. The van der Waals surface area contributed by atoms with Crippen LogP contribution >= 0.6 is 11.8 Å². The molecular weight excluding hydrogens is 364 g/mol. The van der Waals surface area contributed by atoms with Gasteiger partial charge in [0.25, 0.3) is 5.76 Å². The van der Waals surface area contributed by atoms with Crippen molar-refractivity contribution in [2.45, 2.75) is 17.5 Å². The van der Waals surface area contributed by atoms with Crippen molar-refractivity contribution < 1.29 is 23.0 Å². The van der Waals surface area contributed by atoms with Crippen LogP contribution in [0.15, 0.2) is 47.6 Å². The van der Waals surface area contributed by atoms with Crippen LogP contribution in [0.25, 0.3) is 11.0 Å². The van der Waals surface area contributed by atoms with E-state index in [2.05, 4.69) is 10.3 Å². The van der Waals surface area contributed by atoms with Crippen LogP contribution in [0.3, 0.4) is 0 Å². The number of aromatic nitrogens is 2. The first-order valence-electron chi connectivity index (χ1n) is 7.70. The number of nitrogens with one attached hydrogen (secondary N) is 1. The van der Waals surface area contributed by atoms with E-state index < -0.39 is 5.76 Å². The maximum Gasteiger partial charge on any atom is 0.291 e. The zero-order valence-corrected chi connectivity index (χ0v) is 14.1. The Morgan fingerprint density at radius 3 is 2.88 bits per heavy atom. The topological polar surface area (TPSA) is 65.4 Å². The summed E-state index contributed by atoms with van der Waals surface area (Å²) in [5.41, 5.74) is 1.72. The summed E-state index contributed by atoms with van der Waals surface area (Å²) in [6, 6.07) is 12.0. The van der Waals surface area contributed by atoms with E-state index in [-0.39, 0.29) is 24.4 Å². The molecule has 0 saturated heterocycles.